The molecule has 0 saturated carbocycles. The fourth-order valence-electron chi connectivity index (χ4n) is 3.07. The van der Waals surface area contributed by atoms with Gasteiger partial charge in [-0.2, -0.15) is 0 Å². The Balaban J connectivity index is 2.13. The van der Waals surface area contributed by atoms with Crippen LogP contribution in [-0.4, -0.2) is 31.9 Å². The lowest BCUT2D eigenvalue weighted by Gasteiger charge is -2.33. The second-order valence-electron chi connectivity index (χ2n) is 7.87. The zero-order chi connectivity index (χ0) is 22.4. The minimum atomic E-state index is -0.964. The van der Waals surface area contributed by atoms with E-state index in [4.69, 9.17) is 0 Å². The van der Waals surface area contributed by atoms with Crippen LogP contribution in [0, 0.1) is 0 Å². The number of aromatic nitrogens is 3. The van der Waals surface area contributed by atoms with Crippen molar-refractivity contribution in [3.63, 3.8) is 0 Å². The molecule has 1 aromatic carbocycles. The number of anilines is 1. The van der Waals surface area contributed by atoms with E-state index in [1.54, 1.807) is 29.8 Å². The number of nitrogens with one attached hydrogen (secondary N) is 1. The summed E-state index contributed by atoms with van der Waals surface area (Å²) in [5.41, 5.74) is 1.95. The summed E-state index contributed by atoms with van der Waals surface area (Å²) in [6, 6.07) is 12.0. The van der Waals surface area contributed by atoms with Gasteiger partial charge in [0.25, 0.3) is 5.91 Å². The van der Waals surface area contributed by atoms with Gasteiger partial charge in [0.2, 0.25) is 5.91 Å². The van der Waals surface area contributed by atoms with E-state index in [2.05, 4.69) is 26.8 Å². The molecule has 162 valence electrons. The van der Waals surface area contributed by atoms with Crippen LogP contribution in [0.2, 0.25) is 0 Å². The highest BCUT2D eigenvalue weighted by molar-refractivity contribution is 7.03. The average Bonchev–Trinajstić information content (AvgIpc) is 3.32. The Morgan fingerprint density at radius 1 is 1.13 bits per heavy atom. The Bertz CT molecular complexity index is 1000. The van der Waals surface area contributed by atoms with Gasteiger partial charge >= 0.3 is 0 Å². The summed E-state index contributed by atoms with van der Waals surface area (Å²) in [6.07, 6.45) is 3.23. The molecule has 2 aromatic heterocycles. The molecule has 7 nitrogen and oxygen atoms in total. The maximum atomic E-state index is 13.6. The smallest absolute Gasteiger partial charge is 0.280 e. The van der Waals surface area contributed by atoms with Crippen molar-refractivity contribution >= 4 is 29.0 Å². The van der Waals surface area contributed by atoms with Gasteiger partial charge in [0.05, 0.1) is 5.69 Å². The van der Waals surface area contributed by atoms with E-state index >= 15 is 0 Å². The second-order valence-corrected chi connectivity index (χ2v) is 8.48. The standard InChI is InChI=1S/C23H27N5O2S/c1-5-16-10-12-17(13-11-16)28(22(30)19-15-31-27-26-19)20(18-9-7-8-14-24-18)21(29)25-23(3,4)6-2/h7-15,20H,5-6H2,1-4H3,(H,25,29)/t20-/m1/s1. The van der Waals surface area contributed by atoms with Crippen LogP contribution in [0.3, 0.4) is 0 Å². The normalized spacial score (nSPS) is 12.3. The molecule has 1 N–H and O–H groups in total. The lowest BCUT2D eigenvalue weighted by Crippen LogP contribution is -2.50. The summed E-state index contributed by atoms with van der Waals surface area (Å²) in [7, 11) is 0. The second kappa shape index (κ2) is 9.78. The SMILES string of the molecule is CCc1ccc(N(C(=O)c2csnn2)[C@@H](C(=O)NC(C)(C)CC)c2ccccn2)cc1. The number of amides is 2. The summed E-state index contributed by atoms with van der Waals surface area (Å²) in [6.45, 7) is 7.97. The monoisotopic (exact) mass is 437 g/mol. The first-order valence-electron chi connectivity index (χ1n) is 10.3. The van der Waals surface area contributed by atoms with Crippen molar-refractivity contribution in [2.45, 2.75) is 52.1 Å². The quantitative estimate of drug-likeness (QED) is 0.571. The highest BCUT2D eigenvalue weighted by atomic mass is 32.1. The van der Waals surface area contributed by atoms with Gasteiger partial charge in [-0.25, -0.2) is 0 Å². The molecule has 0 aliphatic carbocycles. The number of rotatable bonds is 8. The molecule has 2 heterocycles. The van der Waals surface area contributed by atoms with Gasteiger partial charge in [-0.05, 0) is 68.1 Å². The number of benzene rings is 1. The summed E-state index contributed by atoms with van der Waals surface area (Å²) < 4.78 is 3.82. The lowest BCUT2D eigenvalue weighted by molar-refractivity contribution is -0.124. The fourth-order valence-corrected chi connectivity index (χ4v) is 3.50. The van der Waals surface area contributed by atoms with Crippen molar-refractivity contribution < 1.29 is 9.59 Å². The molecule has 0 saturated heterocycles. The minimum Gasteiger partial charge on any atom is -0.349 e. The fraction of sp³-hybridized carbons (Fsp3) is 0.348. The molecule has 0 unspecified atom stereocenters. The molecule has 31 heavy (non-hydrogen) atoms. The summed E-state index contributed by atoms with van der Waals surface area (Å²) in [5, 5.41) is 8.60. The van der Waals surface area contributed by atoms with E-state index in [-0.39, 0.29) is 11.6 Å². The molecule has 8 heteroatoms. The van der Waals surface area contributed by atoms with E-state index in [0.29, 0.717) is 11.4 Å². The number of aryl methyl sites for hydroxylation is 1. The van der Waals surface area contributed by atoms with E-state index in [0.717, 1.165) is 29.9 Å². The van der Waals surface area contributed by atoms with Gasteiger partial charge in [-0.1, -0.05) is 36.5 Å². The van der Waals surface area contributed by atoms with Crippen LogP contribution in [0.25, 0.3) is 0 Å². The number of pyridine rings is 1. The van der Waals surface area contributed by atoms with Crippen LogP contribution >= 0.6 is 11.5 Å². The number of hydrogen-bond acceptors (Lipinski definition) is 6. The van der Waals surface area contributed by atoms with Gasteiger partial charge < -0.3 is 5.32 Å². The lowest BCUT2D eigenvalue weighted by atomic mass is 10.00. The van der Waals surface area contributed by atoms with Crippen molar-refractivity contribution in [1.29, 1.82) is 0 Å². The third kappa shape index (κ3) is 5.32. The zero-order valence-corrected chi connectivity index (χ0v) is 19.0. The van der Waals surface area contributed by atoms with Gasteiger partial charge in [0.15, 0.2) is 11.7 Å². The predicted molar refractivity (Wildman–Crippen MR) is 122 cm³/mol. The predicted octanol–water partition coefficient (Wildman–Crippen LogP) is 4.19. The zero-order valence-electron chi connectivity index (χ0n) is 18.2. The molecule has 0 spiro atoms. The highest BCUT2D eigenvalue weighted by Crippen LogP contribution is 2.30. The van der Waals surface area contributed by atoms with Crippen molar-refractivity contribution in [2.24, 2.45) is 0 Å². The molecule has 1 atom stereocenters. The molecular weight excluding hydrogens is 410 g/mol. The first-order chi connectivity index (χ1) is 14.9. The molecule has 3 rings (SSSR count). The number of hydrogen-bond donors (Lipinski definition) is 1. The van der Waals surface area contributed by atoms with E-state index in [1.807, 2.05) is 45.0 Å². The summed E-state index contributed by atoms with van der Waals surface area (Å²) in [5.74, 6) is -0.709. The van der Waals surface area contributed by atoms with Crippen molar-refractivity contribution in [3.8, 4) is 0 Å². The Kier molecular flexibility index (Phi) is 7.12. The molecule has 0 fully saturated rings. The molecule has 0 aliphatic rings. The van der Waals surface area contributed by atoms with Gasteiger partial charge in [-0.15, -0.1) is 5.10 Å². The number of carbonyl (C=O) groups excluding carboxylic acids is 2. The van der Waals surface area contributed by atoms with Crippen LogP contribution in [0.1, 0.15) is 61.9 Å². The topological polar surface area (TPSA) is 88.1 Å². The number of nitrogens with zero attached hydrogens (tertiary/aromatic N) is 4. The van der Waals surface area contributed by atoms with E-state index in [9.17, 15) is 9.59 Å². The largest absolute Gasteiger partial charge is 0.349 e. The summed E-state index contributed by atoms with van der Waals surface area (Å²) >= 11 is 1.09. The molecular formula is C23H27N5O2S. The van der Waals surface area contributed by atoms with Crippen LogP contribution in [0.15, 0.2) is 54.0 Å². The molecule has 0 radical (unpaired) electrons. The molecule has 0 bridgehead atoms. The average molecular weight is 438 g/mol. The summed E-state index contributed by atoms with van der Waals surface area (Å²) in [4.78, 5) is 33.0. The van der Waals surface area contributed by atoms with Crippen LogP contribution < -0.4 is 10.2 Å². The minimum absolute atomic E-state index is 0.188. The van der Waals surface area contributed by atoms with Crippen LogP contribution in [0.5, 0.6) is 0 Å². The van der Waals surface area contributed by atoms with E-state index < -0.39 is 17.5 Å². The van der Waals surface area contributed by atoms with Crippen LogP contribution in [-0.2, 0) is 11.2 Å². The van der Waals surface area contributed by atoms with Gasteiger partial charge in [-0.3, -0.25) is 19.5 Å². The first-order valence-corrected chi connectivity index (χ1v) is 11.1. The maximum Gasteiger partial charge on any atom is 0.280 e. The first kappa shape index (κ1) is 22.6. The Morgan fingerprint density at radius 3 is 2.42 bits per heavy atom. The molecule has 3 aromatic rings. The van der Waals surface area contributed by atoms with Gasteiger partial charge in [0.1, 0.15) is 0 Å². The third-order valence-electron chi connectivity index (χ3n) is 5.24. The van der Waals surface area contributed by atoms with Crippen LogP contribution in [0.4, 0.5) is 5.69 Å². The van der Waals surface area contributed by atoms with Crippen molar-refractivity contribution in [1.82, 2.24) is 19.9 Å². The van der Waals surface area contributed by atoms with Gasteiger partial charge in [0, 0.05) is 22.8 Å². The molecule has 0 aliphatic heterocycles. The van der Waals surface area contributed by atoms with Crippen molar-refractivity contribution in [3.05, 3.63) is 71.0 Å². The Labute approximate surface area is 186 Å². The highest BCUT2D eigenvalue weighted by Gasteiger charge is 2.37. The number of carbonyl (C=O) groups is 2. The Hall–Kier alpha value is -3.13. The molecule has 2 amide bonds. The Morgan fingerprint density at radius 2 is 1.87 bits per heavy atom. The van der Waals surface area contributed by atoms with Crippen molar-refractivity contribution in [2.75, 3.05) is 4.90 Å². The third-order valence-corrected chi connectivity index (χ3v) is 5.75. The maximum absolute atomic E-state index is 13.6. The van der Waals surface area contributed by atoms with E-state index in [1.165, 1.54) is 4.90 Å².